The SMILES string of the molecule is CN(CCCCCO)c1nc2ccccc2o1. The van der Waals surface area contributed by atoms with Crippen LogP contribution in [0.4, 0.5) is 6.01 Å². The standard InChI is InChI=1S/C13H18N2O2/c1-15(9-5-2-6-10-16)13-14-11-7-3-4-8-12(11)17-13/h3-4,7-8,16H,2,5-6,9-10H2,1H3. The lowest BCUT2D eigenvalue weighted by Crippen LogP contribution is -2.18. The second kappa shape index (κ2) is 5.68. The van der Waals surface area contributed by atoms with Gasteiger partial charge in [-0.2, -0.15) is 4.98 Å². The Morgan fingerprint density at radius 1 is 1.24 bits per heavy atom. The maximum absolute atomic E-state index is 8.70. The van der Waals surface area contributed by atoms with Gasteiger partial charge in [-0.05, 0) is 31.4 Å². The lowest BCUT2D eigenvalue weighted by molar-refractivity contribution is 0.283. The van der Waals surface area contributed by atoms with Crippen LogP contribution in [0.3, 0.4) is 0 Å². The fourth-order valence-electron chi connectivity index (χ4n) is 1.76. The summed E-state index contributed by atoms with van der Waals surface area (Å²) in [6.45, 7) is 1.17. The zero-order valence-electron chi connectivity index (χ0n) is 10.1. The quantitative estimate of drug-likeness (QED) is 0.780. The second-order valence-electron chi connectivity index (χ2n) is 4.17. The smallest absolute Gasteiger partial charge is 0.298 e. The number of aliphatic hydroxyl groups is 1. The molecule has 0 atom stereocenters. The highest BCUT2D eigenvalue weighted by atomic mass is 16.4. The number of unbranched alkanes of at least 4 members (excludes halogenated alkanes) is 2. The Morgan fingerprint density at radius 3 is 2.82 bits per heavy atom. The first-order valence-corrected chi connectivity index (χ1v) is 5.99. The molecule has 1 aromatic heterocycles. The predicted molar refractivity (Wildman–Crippen MR) is 68.2 cm³/mol. The number of para-hydroxylation sites is 2. The van der Waals surface area contributed by atoms with E-state index in [2.05, 4.69) is 4.98 Å². The van der Waals surface area contributed by atoms with Crippen LogP contribution in [0, 0.1) is 0 Å². The number of hydrogen-bond donors (Lipinski definition) is 1. The van der Waals surface area contributed by atoms with Crippen LogP contribution < -0.4 is 4.90 Å². The molecule has 0 spiro atoms. The number of rotatable bonds is 6. The van der Waals surface area contributed by atoms with Crippen molar-refractivity contribution >= 4 is 17.1 Å². The Hall–Kier alpha value is -1.55. The van der Waals surface area contributed by atoms with Gasteiger partial charge >= 0.3 is 0 Å². The molecule has 4 heteroatoms. The lowest BCUT2D eigenvalue weighted by Gasteiger charge is -2.13. The van der Waals surface area contributed by atoms with Crippen molar-refractivity contribution in [1.29, 1.82) is 0 Å². The monoisotopic (exact) mass is 234 g/mol. The fourth-order valence-corrected chi connectivity index (χ4v) is 1.76. The number of nitrogens with zero attached hydrogens (tertiary/aromatic N) is 2. The largest absolute Gasteiger partial charge is 0.423 e. The van der Waals surface area contributed by atoms with Crippen molar-refractivity contribution in [3.63, 3.8) is 0 Å². The minimum atomic E-state index is 0.270. The minimum absolute atomic E-state index is 0.270. The summed E-state index contributed by atoms with van der Waals surface area (Å²) in [6, 6.07) is 8.43. The van der Waals surface area contributed by atoms with Gasteiger partial charge in [0.1, 0.15) is 5.52 Å². The molecule has 0 aliphatic carbocycles. The van der Waals surface area contributed by atoms with Crippen LogP contribution in [0.5, 0.6) is 0 Å². The second-order valence-corrected chi connectivity index (χ2v) is 4.17. The molecule has 4 nitrogen and oxygen atoms in total. The Balaban J connectivity index is 1.96. The van der Waals surface area contributed by atoms with E-state index in [-0.39, 0.29) is 6.61 Å². The van der Waals surface area contributed by atoms with E-state index >= 15 is 0 Å². The zero-order valence-corrected chi connectivity index (χ0v) is 10.1. The molecule has 0 amide bonds. The molecule has 1 aromatic carbocycles. The van der Waals surface area contributed by atoms with E-state index < -0.39 is 0 Å². The minimum Gasteiger partial charge on any atom is -0.423 e. The van der Waals surface area contributed by atoms with Gasteiger partial charge in [-0.25, -0.2) is 0 Å². The molecule has 0 fully saturated rings. The molecule has 2 rings (SSSR count). The van der Waals surface area contributed by atoms with Crippen molar-refractivity contribution in [2.45, 2.75) is 19.3 Å². The van der Waals surface area contributed by atoms with Crippen molar-refractivity contribution in [2.75, 3.05) is 25.1 Å². The van der Waals surface area contributed by atoms with Crippen LogP contribution in [0.15, 0.2) is 28.7 Å². The van der Waals surface area contributed by atoms with Crippen molar-refractivity contribution in [2.24, 2.45) is 0 Å². The summed E-state index contributed by atoms with van der Waals surface area (Å²) >= 11 is 0. The molecule has 0 bridgehead atoms. The van der Waals surface area contributed by atoms with E-state index in [9.17, 15) is 0 Å². The van der Waals surface area contributed by atoms with Gasteiger partial charge in [0.15, 0.2) is 5.58 Å². The number of anilines is 1. The third-order valence-corrected chi connectivity index (χ3v) is 2.76. The third-order valence-electron chi connectivity index (χ3n) is 2.76. The summed E-state index contributed by atoms with van der Waals surface area (Å²) in [4.78, 5) is 6.43. The summed E-state index contributed by atoms with van der Waals surface area (Å²) in [7, 11) is 1.98. The number of oxazole rings is 1. The van der Waals surface area contributed by atoms with E-state index in [1.807, 2.05) is 36.2 Å². The van der Waals surface area contributed by atoms with Gasteiger partial charge in [-0.3, -0.25) is 0 Å². The molecule has 2 aromatic rings. The van der Waals surface area contributed by atoms with Gasteiger partial charge in [-0.1, -0.05) is 12.1 Å². The first kappa shape index (κ1) is 11.9. The van der Waals surface area contributed by atoms with Crippen LogP contribution >= 0.6 is 0 Å². The van der Waals surface area contributed by atoms with E-state index in [0.717, 1.165) is 36.9 Å². The van der Waals surface area contributed by atoms with Crippen molar-refractivity contribution in [1.82, 2.24) is 4.98 Å². The molecule has 0 unspecified atom stereocenters. The highest BCUT2D eigenvalue weighted by molar-refractivity contribution is 5.74. The fraction of sp³-hybridized carbons (Fsp3) is 0.462. The first-order chi connectivity index (χ1) is 8.31. The van der Waals surface area contributed by atoms with Gasteiger partial charge in [0, 0.05) is 20.2 Å². The van der Waals surface area contributed by atoms with Crippen LogP contribution in [-0.2, 0) is 0 Å². The molecule has 0 aliphatic heterocycles. The highest BCUT2D eigenvalue weighted by Crippen LogP contribution is 2.20. The predicted octanol–water partition coefficient (Wildman–Crippen LogP) is 2.43. The van der Waals surface area contributed by atoms with Gasteiger partial charge < -0.3 is 14.4 Å². The average molecular weight is 234 g/mol. The molecule has 92 valence electrons. The molecular formula is C13H18N2O2. The molecule has 1 N–H and O–H groups in total. The molecule has 0 saturated heterocycles. The van der Waals surface area contributed by atoms with E-state index in [1.165, 1.54) is 0 Å². The maximum Gasteiger partial charge on any atom is 0.298 e. The molecule has 0 aliphatic rings. The Morgan fingerprint density at radius 2 is 2.06 bits per heavy atom. The van der Waals surface area contributed by atoms with Crippen molar-refractivity contribution < 1.29 is 9.52 Å². The summed E-state index contributed by atoms with van der Waals surface area (Å²) in [5.41, 5.74) is 1.72. The van der Waals surface area contributed by atoms with Crippen molar-refractivity contribution in [3.05, 3.63) is 24.3 Å². The van der Waals surface area contributed by atoms with E-state index in [1.54, 1.807) is 0 Å². The molecule has 0 saturated carbocycles. The topological polar surface area (TPSA) is 49.5 Å². The summed E-state index contributed by atoms with van der Waals surface area (Å²) in [6.07, 6.45) is 2.93. The molecule has 17 heavy (non-hydrogen) atoms. The van der Waals surface area contributed by atoms with Crippen LogP contribution in [0.25, 0.3) is 11.1 Å². The molecule has 1 heterocycles. The lowest BCUT2D eigenvalue weighted by atomic mass is 10.2. The summed E-state index contributed by atoms with van der Waals surface area (Å²) in [5, 5.41) is 8.70. The van der Waals surface area contributed by atoms with Gasteiger partial charge in [-0.15, -0.1) is 0 Å². The number of aromatic nitrogens is 1. The Kier molecular flexibility index (Phi) is 3.98. The number of aliphatic hydroxyl groups excluding tert-OH is 1. The summed E-state index contributed by atoms with van der Waals surface area (Å²) < 4.78 is 5.65. The zero-order chi connectivity index (χ0) is 12.1. The van der Waals surface area contributed by atoms with E-state index in [0.29, 0.717) is 6.01 Å². The molecular weight excluding hydrogens is 216 g/mol. The summed E-state index contributed by atoms with van der Waals surface area (Å²) in [5.74, 6) is 0. The maximum atomic E-state index is 8.70. The molecule has 0 radical (unpaired) electrons. The van der Waals surface area contributed by atoms with Crippen molar-refractivity contribution in [3.8, 4) is 0 Å². The van der Waals surface area contributed by atoms with E-state index in [4.69, 9.17) is 9.52 Å². The van der Waals surface area contributed by atoms with Crippen LogP contribution in [0.2, 0.25) is 0 Å². The average Bonchev–Trinajstić information content (AvgIpc) is 2.78. The Bertz CT molecular complexity index is 434. The highest BCUT2D eigenvalue weighted by Gasteiger charge is 2.08. The van der Waals surface area contributed by atoms with Gasteiger partial charge in [0.25, 0.3) is 6.01 Å². The van der Waals surface area contributed by atoms with Gasteiger partial charge in [0.2, 0.25) is 0 Å². The number of hydrogen-bond acceptors (Lipinski definition) is 4. The third kappa shape index (κ3) is 2.97. The normalized spacial score (nSPS) is 10.9. The van der Waals surface area contributed by atoms with Gasteiger partial charge in [0.05, 0.1) is 0 Å². The first-order valence-electron chi connectivity index (χ1n) is 5.99. The Labute approximate surface area is 101 Å². The number of fused-ring (bicyclic) bond motifs is 1. The number of benzene rings is 1. The van der Waals surface area contributed by atoms with Crippen LogP contribution in [-0.4, -0.2) is 30.3 Å². The van der Waals surface area contributed by atoms with Crippen LogP contribution in [0.1, 0.15) is 19.3 Å².